The average molecular weight is 401 g/mol. The first-order valence-electron chi connectivity index (χ1n) is 8.77. The summed E-state index contributed by atoms with van der Waals surface area (Å²) < 4.78 is 16.2. The van der Waals surface area contributed by atoms with Gasteiger partial charge in [0.1, 0.15) is 5.75 Å². The average Bonchev–Trinajstić information content (AvgIpc) is 2.70. The summed E-state index contributed by atoms with van der Waals surface area (Å²) in [5.41, 5.74) is 3.89. The topological polar surface area (TPSA) is 81.2 Å². The highest BCUT2D eigenvalue weighted by Gasteiger charge is 2.13. The van der Waals surface area contributed by atoms with Crippen molar-refractivity contribution >= 4 is 29.5 Å². The highest BCUT2D eigenvalue weighted by atomic mass is 32.1. The number of carbonyl (C=O) groups is 1. The molecule has 0 aliphatic carbocycles. The van der Waals surface area contributed by atoms with Crippen LogP contribution in [-0.4, -0.2) is 37.6 Å². The molecule has 0 fully saturated rings. The van der Waals surface area contributed by atoms with Gasteiger partial charge < -0.3 is 19.5 Å². The molecule has 0 heterocycles. The van der Waals surface area contributed by atoms with E-state index in [1.54, 1.807) is 55.8 Å². The number of nitrogens with one attached hydrogen (secondary N) is 2. The van der Waals surface area contributed by atoms with E-state index in [4.69, 9.17) is 26.4 Å². The molecule has 0 aromatic heterocycles. The van der Waals surface area contributed by atoms with Gasteiger partial charge in [0.2, 0.25) is 0 Å². The maximum absolute atomic E-state index is 12.4. The number of hydrogen-bond acceptors (Lipinski definition) is 6. The van der Waals surface area contributed by atoms with Crippen LogP contribution in [0.4, 0.5) is 0 Å². The zero-order valence-corrected chi connectivity index (χ0v) is 16.8. The third-order valence-corrected chi connectivity index (χ3v) is 3.75. The summed E-state index contributed by atoms with van der Waals surface area (Å²) in [6, 6.07) is 11.8. The van der Waals surface area contributed by atoms with Crippen molar-refractivity contribution in [2.45, 2.75) is 13.8 Å². The molecule has 0 amide bonds. The lowest BCUT2D eigenvalue weighted by atomic mass is 10.2. The van der Waals surface area contributed by atoms with Gasteiger partial charge in [0, 0.05) is 6.54 Å². The fourth-order valence-corrected chi connectivity index (χ4v) is 2.41. The number of benzene rings is 2. The van der Waals surface area contributed by atoms with Crippen LogP contribution in [0.5, 0.6) is 17.2 Å². The van der Waals surface area contributed by atoms with Crippen LogP contribution < -0.4 is 25.0 Å². The molecule has 0 bridgehead atoms. The summed E-state index contributed by atoms with van der Waals surface area (Å²) in [5.74, 6) is 0.957. The van der Waals surface area contributed by atoms with Gasteiger partial charge in [-0.3, -0.25) is 5.43 Å². The summed E-state index contributed by atoms with van der Waals surface area (Å²) >= 11 is 5.04. The van der Waals surface area contributed by atoms with Crippen LogP contribution in [0.3, 0.4) is 0 Å². The Morgan fingerprint density at radius 1 is 1.14 bits per heavy atom. The first-order chi connectivity index (χ1) is 13.6. The first-order valence-corrected chi connectivity index (χ1v) is 9.18. The fraction of sp³-hybridized carbons (Fsp3) is 0.250. The van der Waals surface area contributed by atoms with Crippen LogP contribution in [0.1, 0.15) is 29.8 Å². The largest absolute Gasteiger partial charge is 0.497 e. The second kappa shape index (κ2) is 10.9. The van der Waals surface area contributed by atoms with E-state index in [0.717, 1.165) is 5.56 Å². The number of hydrogen-bond donors (Lipinski definition) is 2. The summed E-state index contributed by atoms with van der Waals surface area (Å²) in [4.78, 5) is 12.4. The quantitative estimate of drug-likeness (QED) is 0.231. The van der Waals surface area contributed by atoms with E-state index < -0.39 is 5.97 Å². The van der Waals surface area contributed by atoms with Crippen molar-refractivity contribution in [3.63, 3.8) is 0 Å². The van der Waals surface area contributed by atoms with E-state index in [1.807, 2.05) is 13.8 Å². The van der Waals surface area contributed by atoms with Gasteiger partial charge in [0.15, 0.2) is 16.6 Å². The third kappa shape index (κ3) is 6.24. The Hall–Kier alpha value is -3.13. The second-order valence-corrected chi connectivity index (χ2v) is 5.89. The Bertz CT molecular complexity index is 838. The predicted octanol–water partition coefficient (Wildman–Crippen LogP) is 3.13. The van der Waals surface area contributed by atoms with Crippen molar-refractivity contribution < 1.29 is 19.0 Å². The summed E-state index contributed by atoms with van der Waals surface area (Å²) in [5, 5.41) is 7.43. The van der Waals surface area contributed by atoms with Crippen LogP contribution in [0.2, 0.25) is 0 Å². The molecular formula is C20H23N3O4S. The van der Waals surface area contributed by atoms with Gasteiger partial charge in [0.25, 0.3) is 0 Å². The SMILES string of the molecule is CCNC(=S)N/N=C\c1ccc(OC(=O)c2ccc(OC)cc2)c(OCC)c1. The molecule has 0 aliphatic heterocycles. The monoisotopic (exact) mass is 401 g/mol. The van der Waals surface area contributed by atoms with E-state index in [-0.39, 0.29) is 0 Å². The Morgan fingerprint density at radius 2 is 1.89 bits per heavy atom. The van der Waals surface area contributed by atoms with E-state index >= 15 is 0 Å². The summed E-state index contributed by atoms with van der Waals surface area (Å²) in [6.45, 7) is 4.94. The number of thiocarbonyl (C=S) groups is 1. The highest BCUT2D eigenvalue weighted by Crippen LogP contribution is 2.29. The van der Waals surface area contributed by atoms with Crippen molar-refractivity contribution in [1.82, 2.24) is 10.7 Å². The molecule has 0 saturated heterocycles. The van der Waals surface area contributed by atoms with E-state index in [0.29, 0.717) is 41.1 Å². The molecule has 0 aliphatic rings. The first kappa shape index (κ1) is 21.2. The lowest BCUT2D eigenvalue weighted by Crippen LogP contribution is -2.31. The van der Waals surface area contributed by atoms with Crippen LogP contribution in [0, 0.1) is 0 Å². The smallest absolute Gasteiger partial charge is 0.343 e. The summed E-state index contributed by atoms with van der Waals surface area (Å²) in [7, 11) is 1.57. The number of hydrazone groups is 1. The highest BCUT2D eigenvalue weighted by molar-refractivity contribution is 7.80. The minimum atomic E-state index is -0.484. The van der Waals surface area contributed by atoms with Gasteiger partial charge in [-0.15, -0.1) is 0 Å². The minimum absolute atomic E-state index is 0.330. The standard InChI is InChI=1S/C20H23N3O4S/c1-4-21-20(28)23-22-13-14-6-11-17(18(12-14)26-5-2)27-19(24)15-7-9-16(25-3)10-8-15/h6-13H,4-5H2,1-3H3,(H2,21,23,28)/b22-13-. The maximum Gasteiger partial charge on any atom is 0.343 e. The molecule has 0 saturated carbocycles. The fourth-order valence-electron chi connectivity index (χ4n) is 2.21. The van der Waals surface area contributed by atoms with E-state index in [2.05, 4.69) is 15.8 Å². The molecule has 0 atom stereocenters. The molecule has 2 N–H and O–H groups in total. The lowest BCUT2D eigenvalue weighted by molar-refractivity contribution is 0.0728. The molecule has 148 valence electrons. The van der Waals surface area contributed by atoms with Crippen LogP contribution in [0.25, 0.3) is 0 Å². The zero-order chi connectivity index (χ0) is 20.4. The maximum atomic E-state index is 12.4. The Balaban J connectivity index is 2.11. The summed E-state index contributed by atoms with van der Waals surface area (Å²) in [6.07, 6.45) is 1.60. The van der Waals surface area contributed by atoms with Gasteiger partial charge in [-0.1, -0.05) is 0 Å². The van der Waals surface area contributed by atoms with Crippen molar-refractivity contribution in [2.75, 3.05) is 20.3 Å². The van der Waals surface area contributed by atoms with E-state index in [9.17, 15) is 4.79 Å². The molecule has 0 spiro atoms. The Morgan fingerprint density at radius 3 is 2.54 bits per heavy atom. The molecule has 2 rings (SSSR count). The van der Waals surface area contributed by atoms with Gasteiger partial charge in [-0.25, -0.2) is 4.79 Å². The van der Waals surface area contributed by atoms with Crippen molar-refractivity contribution in [3.8, 4) is 17.2 Å². The number of methoxy groups -OCH3 is 1. The predicted molar refractivity (Wildman–Crippen MR) is 113 cm³/mol. The van der Waals surface area contributed by atoms with E-state index in [1.165, 1.54) is 0 Å². The number of esters is 1. The van der Waals surface area contributed by atoms with Crippen molar-refractivity contribution in [3.05, 3.63) is 53.6 Å². The van der Waals surface area contributed by atoms with Gasteiger partial charge in [-0.2, -0.15) is 5.10 Å². The molecule has 7 nitrogen and oxygen atoms in total. The van der Waals surface area contributed by atoms with Crippen molar-refractivity contribution in [2.24, 2.45) is 5.10 Å². The van der Waals surface area contributed by atoms with Gasteiger partial charge in [-0.05, 0) is 74.1 Å². The van der Waals surface area contributed by atoms with Gasteiger partial charge >= 0.3 is 5.97 Å². The lowest BCUT2D eigenvalue weighted by Gasteiger charge is -2.11. The molecule has 2 aromatic carbocycles. The molecule has 2 aromatic rings. The number of ether oxygens (including phenoxy) is 3. The van der Waals surface area contributed by atoms with Crippen LogP contribution in [0.15, 0.2) is 47.6 Å². The van der Waals surface area contributed by atoms with Crippen LogP contribution in [-0.2, 0) is 0 Å². The number of carbonyl (C=O) groups excluding carboxylic acids is 1. The Labute approximate surface area is 169 Å². The molecule has 0 radical (unpaired) electrons. The number of rotatable bonds is 8. The van der Waals surface area contributed by atoms with Gasteiger partial charge in [0.05, 0.1) is 25.5 Å². The Kier molecular flexibility index (Phi) is 8.23. The molecule has 0 unspecified atom stereocenters. The molecular weight excluding hydrogens is 378 g/mol. The number of nitrogens with zero attached hydrogens (tertiary/aromatic N) is 1. The second-order valence-electron chi connectivity index (χ2n) is 5.49. The zero-order valence-electron chi connectivity index (χ0n) is 16.0. The molecule has 28 heavy (non-hydrogen) atoms. The minimum Gasteiger partial charge on any atom is -0.497 e. The third-order valence-electron chi connectivity index (χ3n) is 3.51. The molecule has 8 heteroatoms. The normalized spacial score (nSPS) is 10.4. The van der Waals surface area contributed by atoms with Crippen LogP contribution >= 0.6 is 12.2 Å². The van der Waals surface area contributed by atoms with Crippen molar-refractivity contribution in [1.29, 1.82) is 0 Å².